The topological polar surface area (TPSA) is 78.9 Å². The minimum Gasteiger partial charge on any atom is -0.409 e. The van der Waals surface area contributed by atoms with Gasteiger partial charge in [0.05, 0.1) is 0 Å². The first-order valence-corrected chi connectivity index (χ1v) is 8.10. The molecule has 0 aliphatic carbocycles. The molecule has 0 radical (unpaired) electrons. The Labute approximate surface area is 130 Å². The van der Waals surface area contributed by atoms with Gasteiger partial charge in [-0.1, -0.05) is 19.0 Å². The lowest BCUT2D eigenvalue weighted by atomic mass is 10.1. The number of thioether (sulfide) groups is 1. The highest BCUT2D eigenvalue weighted by molar-refractivity contribution is 7.98. The summed E-state index contributed by atoms with van der Waals surface area (Å²) < 4.78 is 0. The molecule has 0 atom stereocenters. The molecule has 1 amide bonds. The summed E-state index contributed by atoms with van der Waals surface area (Å²) >= 11 is 1.64. The van der Waals surface area contributed by atoms with Gasteiger partial charge in [0.15, 0.2) is 0 Å². The number of nitrogens with two attached hydrogens (primary N) is 1. The molecule has 0 heterocycles. The zero-order valence-corrected chi connectivity index (χ0v) is 13.6. The number of amides is 1. The lowest BCUT2D eigenvalue weighted by Gasteiger charge is -2.24. The molecule has 1 aromatic carbocycles. The third kappa shape index (κ3) is 5.67. The Kier molecular flexibility index (Phi) is 7.08. The summed E-state index contributed by atoms with van der Waals surface area (Å²) in [6, 6.07) is 7.56. The van der Waals surface area contributed by atoms with E-state index in [2.05, 4.69) is 19.0 Å². The lowest BCUT2D eigenvalue weighted by molar-refractivity contribution is 0.0740. The molecule has 6 heteroatoms. The van der Waals surface area contributed by atoms with Crippen LogP contribution in [-0.4, -0.2) is 41.2 Å². The van der Waals surface area contributed by atoms with Crippen molar-refractivity contribution in [1.82, 2.24) is 4.90 Å². The van der Waals surface area contributed by atoms with Gasteiger partial charge < -0.3 is 15.8 Å². The van der Waals surface area contributed by atoms with E-state index >= 15 is 0 Å². The van der Waals surface area contributed by atoms with Crippen molar-refractivity contribution >= 4 is 23.5 Å². The van der Waals surface area contributed by atoms with Crippen molar-refractivity contribution in [2.24, 2.45) is 16.8 Å². The minimum absolute atomic E-state index is 0.0258. The van der Waals surface area contributed by atoms with Crippen molar-refractivity contribution in [3.63, 3.8) is 0 Å². The van der Waals surface area contributed by atoms with Crippen molar-refractivity contribution in [2.75, 3.05) is 19.3 Å². The van der Waals surface area contributed by atoms with Crippen LogP contribution in [0.2, 0.25) is 0 Å². The van der Waals surface area contributed by atoms with Crippen LogP contribution in [0.1, 0.15) is 30.6 Å². The van der Waals surface area contributed by atoms with E-state index in [1.54, 1.807) is 16.7 Å². The molecule has 0 saturated carbocycles. The number of oxime groups is 1. The molecule has 0 aliphatic rings. The molecular weight excluding hydrogens is 286 g/mol. The average Bonchev–Trinajstić information content (AvgIpc) is 2.50. The van der Waals surface area contributed by atoms with Gasteiger partial charge in [0.2, 0.25) is 0 Å². The van der Waals surface area contributed by atoms with Gasteiger partial charge in [-0.3, -0.25) is 4.79 Å². The van der Waals surface area contributed by atoms with Crippen LogP contribution in [0.25, 0.3) is 0 Å². The number of rotatable bonds is 7. The fraction of sp³-hybridized carbons (Fsp3) is 0.467. The van der Waals surface area contributed by atoms with Crippen LogP contribution in [0.15, 0.2) is 34.3 Å². The molecule has 0 aliphatic heterocycles. The standard InChI is InChI=1S/C15H23N3O2S/c1-11(2)10-18(9-8-14(16)17-20)15(19)12-4-6-13(21-3)7-5-12/h4-7,11,20H,8-10H2,1-3H3,(H2,16,17). The monoisotopic (exact) mass is 309 g/mol. The van der Waals surface area contributed by atoms with Crippen LogP contribution in [0.4, 0.5) is 0 Å². The summed E-state index contributed by atoms with van der Waals surface area (Å²) in [4.78, 5) is 15.4. The summed E-state index contributed by atoms with van der Waals surface area (Å²) in [5.74, 6) is 0.461. The van der Waals surface area contributed by atoms with Gasteiger partial charge in [0.1, 0.15) is 5.84 Å². The van der Waals surface area contributed by atoms with Gasteiger partial charge in [-0.25, -0.2) is 0 Å². The quantitative estimate of drug-likeness (QED) is 0.267. The number of amidine groups is 1. The van der Waals surface area contributed by atoms with E-state index in [9.17, 15) is 4.79 Å². The summed E-state index contributed by atoms with van der Waals surface area (Å²) in [5.41, 5.74) is 6.15. The summed E-state index contributed by atoms with van der Waals surface area (Å²) in [7, 11) is 0. The van der Waals surface area contributed by atoms with E-state index in [1.807, 2.05) is 30.5 Å². The van der Waals surface area contributed by atoms with Gasteiger partial charge in [-0.05, 0) is 36.4 Å². The van der Waals surface area contributed by atoms with E-state index in [0.29, 0.717) is 31.0 Å². The Morgan fingerprint density at radius 1 is 1.38 bits per heavy atom. The van der Waals surface area contributed by atoms with Crippen LogP contribution in [0, 0.1) is 5.92 Å². The molecule has 1 aromatic rings. The van der Waals surface area contributed by atoms with Crippen LogP contribution < -0.4 is 5.73 Å². The van der Waals surface area contributed by atoms with Crippen molar-refractivity contribution in [1.29, 1.82) is 0 Å². The minimum atomic E-state index is -0.0258. The first-order chi connectivity index (χ1) is 9.97. The average molecular weight is 309 g/mol. The van der Waals surface area contributed by atoms with Crippen LogP contribution >= 0.6 is 11.8 Å². The smallest absolute Gasteiger partial charge is 0.253 e. The SMILES string of the molecule is CSc1ccc(C(=O)N(CCC(N)=NO)CC(C)C)cc1. The highest BCUT2D eigenvalue weighted by Gasteiger charge is 2.17. The molecule has 0 fully saturated rings. The Balaban J connectivity index is 2.82. The van der Waals surface area contributed by atoms with Crippen molar-refractivity contribution in [3.8, 4) is 0 Å². The van der Waals surface area contributed by atoms with Gasteiger partial charge in [-0.15, -0.1) is 11.8 Å². The second-order valence-electron chi connectivity index (χ2n) is 5.21. The van der Waals surface area contributed by atoms with E-state index < -0.39 is 0 Å². The number of carbonyl (C=O) groups excluding carboxylic acids is 1. The Morgan fingerprint density at radius 3 is 2.48 bits per heavy atom. The maximum atomic E-state index is 12.6. The molecule has 0 saturated heterocycles. The number of hydrogen-bond acceptors (Lipinski definition) is 4. The summed E-state index contributed by atoms with van der Waals surface area (Å²) in [6.07, 6.45) is 2.36. The zero-order valence-electron chi connectivity index (χ0n) is 12.7. The Bertz CT molecular complexity index is 486. The van der Waals surface area contributed by atoms with Crippen molar-refractivity contribution in [2.45, 2.75) is 25.2 Å². The number of carbonyl (C=O) groups is 1. The molecule has 0 aromatic heterocycles. The van der Waals surface area contributed by atoms with Crippen molar-refractivity contribution < 1.29 is 10.0 Å². The maximum Gasteiger partial charge on any atom is 0.253 e. The van der Waals surface area contributed by atoms with E-state index in [1.165, 1.54) is 0 Å². The maximum absolute atomic E-state index is 12.6. The molecule has 1 rings (SSSR count). The third-order valence-corrected chi connectivity index (χ3v) is 3.72. The summed E-state index contributed by atoms with van der Waals surface area (Å²) in [5, 5.41) is 11.5. The van der Waals surface area contributed by atoms with Crippen LogP contribution in [-0.2, 0) is 0 Å². The Hall–Kier alpha value is -1.69. The first-order valence-electron chi connectivity index (χ1n) is 6.87. The third-order valence-electron chi connectivity index (χ3n) is 2.98. The predicted octanol–water partition coefficient (Wildman–Crippen LogP) is 2.64. The second kappa shape index (κ2) is 8.56. The van der Waals surface area contributed by atoms with E-state index in [-0.39, 0.29) is 11.7 Å². The lowest BCUT2D eigenvalue weighted by Crippen LogP contribution is -2.36. The highest BCUT2D eigenvalue weighted by Crippen LogP contribution is 2.16. The van der Waals surface area contributed by atoms with Gasteiger partial charge >= 0.3 is 0 Å². The molecule has 0 unspecified atom stereocenters. The molecule has 5 nitrogen and oxygen atoms in total. The number of hydrogen-bond donors (Lipinski definition) is 2. The van der Waals surface area contributed by atoms with Crippen molar-refractivity contribution in [3.05, 3.63) is 29.8 Å². The van der Waals surface area contributed by atoms with Crippen LogP contribution in [0.3, 0.4) is 0 Å². The molecule has 21 heavy (non-hydrogen) atoms. The molecule has 116 valence electrons. The molecule has 3 N–H and O–H groups in total. The predicted molar refractivity (Wildman–Crippen MR) is 87.0 cm³/mol. The van der Waals surface area contributed by atoms with E-state index in [0.717, 1.165) is 4.90 Å². The Morgan fingerprint density at radius 2 is 2.00 bits per heavy atom. The van der Waals surface area contributed by atoms with Gasteiger partial charge in [0.25, 0.3) is 5.91 Å². The number of nitrogens with zero attached hydrogens (tertiary/aromatic N) is 2. The fourth-order valence-corrected chi connectivity index (χ4v) is 2.34. The first kappa shape index (κ1) is 17.4. The second-order valence-corrected chi connectivity index (χ2v) is 6.09. The molecule has 0 bridgehead atoms. The highest BCUT2D eigenvalue weighted by atomic mass is 32.2. The largest absolute Gasteiger partial charge is 0.409 e. The zero-order chi connectivity index (χ0) is 15.8. The summed E-state index contributed by atoms with van der Waals surface area (Å²) in [6.45, 7) is 5.19. The normalized spacial score (nSPS) is 11.7. The van der Waals surface area contributed by atoms with E-state index in [4.69, 9.17) is 10.9 Å². The van der Waals surface area contributed by atoms with Gasteiger partial charge in [0, 0.05) is 30.0 Å². The number of benzene rings is 1. The molecular formula is C15H23N3O2S. The van der Waals surface area contributed by atoms with Gasteiger partial charge in [-0.2, -0.15) is 0 Å². The van der Waals surface area contributed by atoms with Crippen LogP contribution in [0.5, 0.6) is 0 Å². The fourth-order valence-electron chi connectivity index (χ4n) is 1.93. The molecule has 0 spiro atoms.